The molecule has 0 aromatic heterocycles. The van der Waals surface area contributed by atoms with Crippen LogP contribution in [-0.4, -0.2) is 30.9 Å². The van der Waals surface area contributed by atoms with Crippen LogP contribution in [0, 0.1) is 0 Å². The summed E-state index contributed by atoms with van der Waals surface area (Å²) in [5.74, 6) is 0.611. The fourth-order valence-corrected chi connectivity index (χ4v) is 2.16. The number of aliphatic imine (C=N–C) groups is 1. The molecule has 0 aliphatic carbocycles. The number of halogens is 2. The second kappa shape index (κ2) is 12.5. The number of amides is 1. The van der Waals surface area contributed by atoms with E-state index in [1.807, 2.05) is 26.0 Å². The number of hydrogen-bond donors (Lipinski definition) is 2. The highest BCUT2D eigenvalue weighted by atomic mass is 79.9. The Bertz CT molecular complexity index is 590. The average Bonchev–Trinajstić information content (AvgIpc) is 2.55. The van der Waals surface area contributed by atoms with Gasteiger partial charge in [-0.25, -0.2) is 9.79 Å². The van der Waals surface area contributed by atoms with Crippen molar-refractivity contribution in [3.05, 3.63) is 28.2 Å². The molecule has 0 fully saturated rings. The quantitative estimate of drug-likeness (QED) is 0.391. The van der Waals surface area contributed by atoms with Crippen LogP contribution in [0.1, 0.15) is 46.6 Å². The molecule has 1 aromatic carbocycles. The third kappa shape index (κ3) is 10.9. The van der Waals surface area contributed by atoms with E-state index in [4.69, 9.17) is 15.2 Å². The van der Waals surface area contributed by atoms with Gasteiger partial charge in [-0.3, -0.25) is 9.71 Å². The third-order valence-corrected chi connectivity index (χ3v) is 3.21. The van der Waals surface area contributed by atoms with Gasteiger partial charge in [-0.05, 0) is 54.4 Å². The first-order valence-electron chi connectivity index (χ1n) is 8.48. The van der Waals surface area contributed by atoms with E-state index in [1.54, 1.807) is 26.8 Å². The fourth-order valence-electron chi connectivity index (χ4n) is 1.62. The lowest BCUT2D eigenvalue weighted by Crippen LogP contribution is -2.40. The lowest BCUT2D eigenvalue weighted by Gasteiger charge is -2.19. The minimum absolute atomic E-state index is 0.0244. The summed E-state index contributed by atoms with van der Waals surface area (Å²) in [4.78, 5) is 15.6. The summed E-state index contributed by atoms with van der Waals surface area (Å²) in [7, 11) is 0. The number of benzene rings is 1. The molecule has 0 spiro atoms. The molecule has 0 bridgehead atoms. The number of hydrogen-bond acceptors (Lipinski definition) is 4. The molecule has 0 radical (unpaired) electrons. The Morgan fingerprint density at radius 1 is 1.35 bits per heavy atom. The van der Waals surface area contributed by atoms with Gasteiger partial charge >= 0.3 is 6.09 Å². The number of rotatable bonds is 6. The second-order valence-electron chi connectivity index (χ2n) is 5.98. The van der Waals surface area contributed by atoms with Crippen LogP contribution in [0.15, 0.2) is 27.7 Å². The maximum atomic E-state index is 12.1. The number of nitrogens with zero attached hydrogens (tertiary/aromatic N) is 1. The van der Waals surface area contributed by atoms with Crippen LogP contribution < -0.4 is 15.8 Å². The Labute approximate surface area is 163 Å². The molecule has 0 aliphatic heterocycles. The summed E-state index contributed by atoms with van der Waals surface area (Å²) in [5.41, 5.74) is 5.92. The van der Waals surface area contributed by atoms with E-state index in [0.29, 0.717) is 18.8 Å². The summed E-state index contributed by atoms with van der Waals surface area (Å²) >= 11 is 3.39. The van der Waals surface area contributed by atoms with Crippen molar-refractivity contribution in [3.63, 3.8) is 0 Å². The standard InChI is InChI=1S/C16H23BrFN3O3.C2H6/c1-16(2,3)24-15(22)21-14(19)20-10-11-5-6-13(12(17)9-11)23-8-4-7-18;1-2/h5-6,9H,4,7-8,10H2,1-3H3,(H3,19,20,21,22);1-2H3. The van der Waals surface area contributed by atoms with Gasteiger partial charge in [-0.1, -0.05) is 19.9 Å². The summed E-state index contributed by atoms with van der Waals surface area (Å²) in [6.07, 6.45) is -0.299. The minimum atomic E-state index is -0.651. The SMILES string of the molecule is CC.CC(C)(C)OC(=O)NC(N)=NCc1ccc(OCCCF)c(Br)c1. The molecule has 0 saturated carbocycles. The van der Waals surface area contributed by atoms with E-state index in [1.165, 1.54) is 0 Å². The molecule has 26 heavy (non-hydrogen) atoms. The van der Waals surface area contributed by atoms with Crippen LogP contribution in [0.4, 0.5) is 9.18 Å². The fraction of sp³-hybridized carbons (Fsp3) is 0.556. The van der Waals surface area contributed by atoms with Crippen molar-refractivity contribution < 1.29 is 18.7 Å². The topological polar surface area (TPSA) is 85.9 Å². The number of alkyl halides is 1. The number of carbonyl (C=O) groups is 1. The zero-order valence-corrected chi connectivity index (χ0v) is 17.7. The zero-order valence-electron chi connectivity index (χ0n) is 16.1. The molecule has 0 heterocycles. The lowest BCUT2D eigenvalue weighted by molar-refractivity contribution is 0.0562. The first-order valence-corrected chi connectivity index (χ1v) is 9.27. The van der Waals surface area contributed by atoms with Crippen molar-refractivity contribution >= 4 is 28.0 Å². The summed E-state index contributed by atoms with van der Waals surface area (Å²) in [6, 6.07) is 5.42. The molecule has 6 nitrogen and oxygen atoms in total. The van der Waals surface area contributed by atoms with Crippen molar-refractivity contribution in [2.24, 2.45) is 10.7 Å². The van der Waals surface area contributed by atoms with E-state index >= 15 is 0 Å². The van der Waals surface area contributed by atoms with Crippen LogP contribution in [0.25, 0.3) is 0 Å². The minimum Gasteiger partial charge on any atom is -0.492 e. The van der Waals surface area contributed by atoms with Crippen LogP contribution in [-0.2, 0) is 11.3 Å². The van der Waals surface area contributed by atoms with Gasteiger partial charge in [-0.2, -0.15) is 0 Å². The Hall–Kier alpha value is -1.83. The second-order valence-corrected chi connectivity index (χ2v) is 6.84. The molecule has 1 rings (SSSR count). The normalized spacial score (nSPS) is 11.3. The Kier molecular flexibility index (Phi) is 11.6. The number of nitrogens with two attached hydrogens (primary N) is 1. The van der Waals surface area contributed by atoms with Gasteiger partial charge in [0.05, 0.1) is 24.3 Å². The summed E-state index contributed by atoms with van der Waals surface area (Å²) in [5, 5.41) is 2.36. The number of carbonyl (C=O) groups excluding carboxylic acids is 1. The van der Waals surface area contributed by atoms with Crippen LogP contribution >= 0.6 is 15.9 Å². The molecule has 148 valence electrons. The molecular formula is C18H29BrFN3O3. The average molecular weight is 434 g/mol. The Morgan fingerprint density at radius 2 is 2.00 bits per heavy atom. The van der Waals surface area contributed by atoms with Crippen LogP contribution in [0.3, 0.4) is 0 Å². The van der Waals surface area contributed by atoms with Gasteiger partial charge in [0.15, 0.2) is 5.96 Å². The highest BCUT2D eigenvalue weighted by Crippen LogP contribution is 2.26. The number of alkyl carbamates (subject to hydrolysis) is 1. The molecule has 0 saturated heterocycles. The maximum Gasteiger partial charge on any atom is 0.414 e. The van der Waals surface area contributed by atoms with Gasteiger partial charge in [-0.15, -0.1) is 0 Å². The molecule has 0 aliphatic rings. The molecule has 0 unspecified atom stereocenters. The molecule has 3 N–H and O–H groups in total. The Morgan fingerprint density at radius 3 is 2.54 bits per heavy atom. The predicted octanol–water partition coefficient (Wildman–Crippen LogP) is 4.55. The largest absolute Gasteiger partial charge is 0.492 e. The third-order valence-electron chi connectivity index (χ3n) is 2.59. The monoisotopic (exact) mass is 433 g/mol. The number of guanidine groups is 1. The van der Waals surface area contributed by atoms with Crippen LogP contribution in [0.5, 0.6) is 5.75 Å². The molecule has 1 aromatic rings. The lowest BCUT2D eigenvalue weighted by atomic mass is 10.2. The van der Waals surface area contributed by atoms with Crippen molar-refractivity contribution in [1.82, 2.24) is 5.32 Å². The van der Waals surface area contributed by atoms with E-state index in [-0.39, 0.29) is 12.5 Å². The summed E-state index contributed by atoms with van der Waals surface area (Å²) < 4.78 is 23.3. The molecule has 0 atom stereocenters. The number of ether oxygens (including phenoxy) is 2. The van der Waals surface area contributed by atoms with E-state index < -0.39 is 18.4 Å². The van der Waals surface area contributed by atoms with Crippen molar-refractivity contribution in [2.45, 2.75) is 53.2 Å². The van der Waals surface area contributed by atoms with Crippen molar-refractivity contribution in [1.29, 1.82) is 0 Å². The van der Waals surface area contributed by atoms with Crippen molar-refractivity contribution in [2.75, 3.05) is 13.3 Å². The molecule has 8 heteroatoms. The van der Waals surface area contributed by atoms with Gasteiger partial charge in [0, 0.05) is 6.42 Å². The first kappa shape index (κ1) is 24.2. The molecule has 1 amide bonds. The predicted molar refractivity (Wildman–Crippen MR) is 106 cm³/mol. The Balaban J connectivity index is 0.00000301. The van der Waals surface area contributed by atoms with Gasteiger partial charge < -0.3 is 15.2 Å². The van der Waals surface area contributed by atoms with Gasteiger partial charge in [0.2, 0.25) is 0 Å². The van der Waals surface area contributed by atoms with Gasteiger partial charge in [0.1, 0.15) is 11.4 Å². The highest BCUT2D eigenvalue weighted by Gasteiger charge is 2.16. The smallest absolute Gasteiger partial charge is 0.414 e. The number of nitrogens with one attached hydrogen (secondary N) is 1. The first-order chi connectivity index (χ1) is 12.2. The molecular weight excluding hydrogens is 405 g/mol. The van der Waals surface area contributed by atoms with Crippen LogP contribution in [0.2, 0.25) is 0 Å². The van der Waals surface area contributed by atoms with E-state index in [2.05, 4.69) is 26.2 Å². The summed E-state index contributed by atoms with van der Waals surface area (Å²) in [6.45, 7) is 9.47. The highest BCUT2D eigenvalue weighted by molar-refractivity contribution is 9.10. The van der Waals surface area contributed by atoms with E-state index in [0.717, 1.165) is 10.0 Å². The van der Waals surface area contributed by atoms with Crippen molar-refractivity contribution in [3.8, 4) is 5.75 Å². The van der Waals surface area contributed by atoms with Gasteiger partial charge in [0.25, 0.3) is 0 Å². The maximum absolute atomic E-state index is 12.1. The zero-order chi connectivity index (χ0) is 20.2. The van der Waals surface area contributed by atoms with E-state index in [9.17, 15) is 9.18 Å².